The van der Waals surface area contributed by atoms with E-state index in [0.29, 0.717) is 11.6 Å². The van der Waals surface area contributed by atoms with E-state index in [-0.39, 0.29) is 16.9 Å². The molecule has 2 aromatic heterocycles. The monoisotopic (exact) mass is 353 g/mol. The molecule has 5 heteroatoms. The molecule has 0 aliphatic rings. The quantitative estimate of drug-likeness (QED) is 0.685. The smallest absolute Gasteiger partial charge is 0.292 e. The zero-order valence-corrected chi connectivity index (χ0v) is 16.6. The van der Waals surface area contributed by atoms with Gasteiger partial charge in [-0.25, -0.2) is 4.68 Å². The number of rotatable bonds is 2. The summed E-state index contributed by atoms with van der Waals surface area (Å²) in [5.74, 6) is 0.752. The van der Waals surface area contributed by atoms with E-state index in [0.717, 1.165) is 22.2 Å². The van der Waals surface area contributed by atoms with Gasteiger partial charge in [0, 0.05) is 22.4 Å². The zero-order valence-electron chi connectivity index (χ0n) is 16.6. The number of para-hydroxylation sites is 1. The first-order valence-corrected chi connectivity index (χ1v) is 8.89. The van der Waals surface area contributed by atoms with Crippen molar-refractivity contribution < 1.29 is 9.21 Å². The number of benzene rings is 1. The standard InChI is InChI=1S/C21H27N3O2/c1-13-14-10-8-9-11-15(14)26-18(13)19(25)22-17-12-16(20(2,3)4)23-24(17)21(5,6)7/h8-12H,1-7H3,(H,22,25). The molecule has 1 amide bonds. The number of anilines is 1. The Morgan fingerprint density at radius 1 is 1.12 bits per heavy atom. The molecule has 0 bridgehead atoms. The van der Waals surface area contributed by atoms with Gasteiger partial charge in [0.1, 0.15) is 11.4 Å². The Morgan fingerprint density at radius 2 is 1.77 bits per heavy atom. The number of hydrogen-bond acceptors (Lipinski definition) is 3. The number of fused-ring (bicyclic) bond motifs is 1. The van der Waals surface area contributed by atoms with Gasteiger partial charge in [0.05, 0.1) is 11.2 Å². The van der Waals surface area contributed by atoms with Gasteiger partial charge in [0.2, 0.25) is 0 Å². The Bertz CT molecular complexity index is 965. The molecule has 0 saturated carbocycles. The van der Waals surface area contributed by atoms with Crippen LogP contribution in [0, 0.1) is 6.92 Å². The number of nitrogens with one attached hydrogen (secondary N) is 1. The van der Waals surface area contributed by atoms with E-state index < -0.39 is 0 Å². The summed E-state index contributed by atoms with van der Waals surface area (Å²) < 4.78 is 7.66. The molecule has 0 radical (unpaired) electrons. The zero-order chi connectivity index (χ0) is 19.3. The molecule has 0 spiro atoms. The molecule has 0 aliphatic carbocycles. The molecular weight excluding hydrogens is 326 g/mol. The van der Waals surface area contributed by atoms with Gasteiger partial charge in [-0.3, -0.25) is 4.79 Å². The minimum Gasteiger partial charge on any atom is -0.451 e. The molecule has 0 saturated heterocycles. The van der Waals surface area contributed by atoms with Crippen LogP contribution in [0.3, 0.4) is 0 Å². The van der Waals surface area contributed by atoms with Crippen molar-refractivity contribution in [2.24, 2.45) is 0 Å². The van der Waals surface area contributed by atoms with Gasteiger partial charge < -0.3 is 9.73 Å². The Balaban J connectivity index is 2.01. The van der Waals surface area contributed by atoms with Crippen LogP contribution < -0.4 is 5.32 Å². The van der Waals surface area contributed by atoms with Crippen LogP contribution in [-0.2, 0) is 11.0 Å². The van der Waals surface area contributed by atoms with E-state index in [1.54, 1.807) is 0 Å². The van der Waals surface area contributed by atoms with Crippen molar-refractivity contribution in [2.45, 2.75) is 59.4 Å². The molecule has 1 aromatic carbocycles. The van der Waals surface area contributed by atoms with Gasteiger partial charge in [-0.05, 0) is 33.8 Å². The number of amides is 1. The van der Waals surface area contributed by atoms with Crippen molar-refractivity contribution in [3.8, 4) is 0 Å². The third-order valence-corrected chi connectivity index (χ3v) is 4.40. The Morgan fingerprint density at radius 3 is 2.35 bits per heavy atom. The highest BCUT2D eigenvalue weighted by Crippen LogP contribution is 2.30. The minimum atomic E-state index is -0.260. The second kappa shape index (κ2) is 6.01. The van der Waals surface area contributed by atoms with Crippen LogP contribution in [0.2, 0.25) is 0 Å². The lowest BCUT2D eigenvalue weighted by molar-refractivity contribution is 0.0996. The largest absolute Gasteiger partial charge is 0.451 e. The van der Waals surface area contributed by atoms with Gasteiger partial charge in [0.15, 0.2) is 5.76 Å². The molecule has 0 atom stereocenters. The number of carbonyl (C=O) groups is 1. The van der Waals surface area contributed by atoms with Crippen molar-refractivity contribution in [2.75, 3.05) is 5.32 Å². The number of hydrogen-bond donors (Lipinski definition) is 1. The fraction of sp³-hybridized carbons (Fsp3) is 0.429. The summed E-state index contributed by atoms with van der Waals surface area (Å²) in [5, 5.41) is 8.69. The first-order valence-electron chi connectivity index (χ1n) is 8.89. The van der Waals surface area contributed by atoms with Gasteiger partial charge >= 0.3 is 0 Å². The van der Waals surface area contributed by atoms with Gasteiger partial charge in [-0.1, -0.05) is 39.0 Å². The summed E-state index contributed by atoms with van der Waals surface area (Å²) in [5.41, 5.74) is 2.13. The highest BCUT2D eigenvalue weighted by molar-refractivity contribution is 6.06. The Hall–Kier alpha value is -2.56. The van der Waals surface area contributed by atoms with Crippen LogP contribution in [0.4, 0.5) is 5.82 Å². The van der Waals surface area contributed by atoms with Crippen molar-refractivity contribution in [1.82, 2.24) is 9.78 Å². The molecule has 0 fully saturated rings. The molecule has 5 nitrogen and oxygen atoms in total. The van der Waals surface area contributed by atoms with E-state index in [4.69, 9.17) is 9.52 Å². The maximum atomic E-state index is 12.9. The van der Waals surface area contributed by atoms with Gasteiger partial charge in [-0.2, -0.15) is 5.10 Å². The lowest BCUT2D eigenvalue weighted by Crippen LogP contribution is -2.27. The van der Waals surface area contributed by atoms with E-state index in [9.17, 15) is 4.79 Å². The van der Waals surface area contributed by atoms with E-state index in [2.05, 4.69) is 46.9 Å². The lowest BCUT2D eigenvalue weighted by atomic mass is 9.92. The summed E-state index contributed by atoms with van der Waals surface area (Å²) in [6.07, 6.45) is 0. The van der Waals surface area contributed by atoms with E-state index in [1.807, 2.05) is 41.9 Å². The molecule has 3 rings (SSSR count). The van der Waals surface area contributed by atoms with Crippen LogP contribution in [0.25, 0.3) is 11.0 Å². The van der Waals surface area contributed by atoms with Crippen LogP contribution in [0.1, 0.15) is 63.4 Å². The number of aromatic nitrogens is 2. The van der Waals surface area contributed by atoms with Crippen molar-refractivity contribution in [3.63, 3.8) is 0 Å². The first kappa shape index (κ1) is 18.2. The summed E-state index contributed by atoms with van der Waals surface area (Å²) in [7, 11) is 0. The summed E-state index contributed by atoms with van der Waals surface area (Å²) in [4.78, 5) is 12.9. The highest BCUT2D eigenvalue weighted by atomic mass is 16.3. The number of nitrogens with zero attached hydrogens (tertiary/aromatic N) is 2. The summed E-state index contributed by atoms with van der Waals surface area (Å²) in [6, 6.07) is 9.62. The maximum absolute atomic E-state index is 12.9. The highest BCUT2D eigenvalue weighted by Gasteiger charge is 2.27. The Kier molecular flexibility index (Phi) is 4.21. The molecule has 1 N–H and O–H groups in total. The molecular formula is C21H27N3O2. The van der Waals surface area contributed by atoms with Gasteiger partial charge in [0.25, 0.3) is 5.91 Å². The number of carbonyl (C=O) groups excluding carboxylic acids is 1. The fourth-order valence-electron chi connectivity index (χ4n) is 2.91. The van der Waals surface area contributed by atoms with Gasteiger partial charge in [-0.15, -0.1) is 0 Å². The average Bonchev–Trinajstić information content (AvgIpc) is 3.09. The second-order valence-electron chi connectivity index (χ2n) is 8.75. The minimum absolute atomic E-state index is 0.106. The van der Waals surface area contributed by atoms with Crippen LogP contribution >= 0.6 is 0 Å². The third-order valence-electron chi connectivity index (χ3n) is 4.40. The second-order valence-corrected chi connectivity index (χ2v) is 8.75. The molecule has 0 aliphatic heterocycles. The average molecular weight is 353 g/mol. The summed E-state index contributed by atoms with van der Waals surface area (Å²) in [6.45, 7) is 14.4. The maximum Gasteiger partial charge on any atom is 0.292 e. The van der Waals surface area contributed by atoms with Crippen LogP contribution in [0.15, 0.2) is 34.7 Å². The van der Waals surface area contributed by atoms with Crippen molar-refractivity contribution >= 4 is 22.7 Å². The third kappa shape index (κ3) is 3.26. The SMILES string of the molecule is Cc1c(C(=O)Nc2cc(C(C)(C)C)nn2C(C)(C)C)oc2ccccc12. The van der Waals surface area contributed by atoms with Crippen molar-refractivity contribution in [1.29, 1.82) is 0 Å². The molecule has 26 heavy (non-hydrogen) atoms. The lowest BCUT2D eigenvalue weighted by Gasteiger charge is -2.22. The topological polar surface area (TPSA) is 60.1 Å². The van der Waals surface area contributed by atoms with Crippen molar-refractivity contribution in [3.05, 3.63) is 47.3 Å². The number of aryl methyl sites for hydroxylation is 1. The molecule has 138 valence electrons. The fourth-order valence-corrected chi connectivity index (χ4v) is 2.91. The summed E-state index contributed by atoms with van der Waals surface area (Å²) >= 11 is 0. The van der Waals surface area contributed by atoms with E-state index in [1.165, 1.54) is 0 Å². The predicted molar refractivity (Wildman–Crippen MR) is 105 cm³/mol. The van der Waals surface area contributed by atoms with Crippen LogP contribution in [-0.4, -0.2) is 15.7 Å². The number of furan rings is 1. The normalized spacial score (nSPS) is 12.6. The molecule has 3 aromatic rings. The molecule has 2 heterocycles. The molecule has 0 unspecified atom stereocenters. The van der Waals surface area contributed by atoms with Crippen LogP contribution in [0.5, 0.6) is 0 Å². The Labute approximate surface area is 154 Å². The van der Waals surface area contributed by atoms with E-state index >= 15 is 0 Å². The predicted octanol–water partition coefficient (Wildman–Crippen LogP) is 5.24. The first-order chi connectivity index (χ1) is 12.0.